The molecule has 1 aliphatic heterocycles. The van der Waals surface area contributed by atoms with Crippen molar-refractivity contribution in [2.45, 2.75) is 13.0 Å². The Morgan fingerprint density at radius 2 is 2.47 bits per heavy atom. The van der Waals surface area contributed by atoms with Crippen LogP contribution in [0.2, 0.25) is 0 Å². The van der Waals surface area contributed by atoms with Gasteiger partial charge in [0, 0.05) is 31.9 Å². The first-order valence-electron chi connectivity index (χ1n) is 5.60. The zero-order chi connectivity index (χ0) is 12.3. The Morgan fingerprint density at radius 1 is 1.65 bits per heavy atom. The van der Waals surface area contributed by atoms with Gasteiger partial charge >= 0.3 is 0 Å². The quantitative estimate of drug-likeness (QED) is 0.757. The molecule has 1 amide bonds. The normalized spacial score (nSPS) is 19.8. The van der Waals surface area contributed by atoms with E-state index in [4.69, 9.17) is 5.26 Å². The number of hydrogen-bond acceptors (Lipinski definition) is 4. The first kappa shape index (κ1) is 11.6. The average Bonchev–Trinajstić information content (AvgIpc) is 2.39. The second-order valence-corrected chi connectivity index (χ2v) is 4.10. The van der Waals surface area contributed by atoms with Crippen LogP contribution in [-0.4, -0.2) is 41.5 Å². The van der Waals surface area contributed by atoms with Gasteiger partial charge < -0.3 is 10.2 Å². The fourth-order valence-corrected chi connectivity index (χ4v) is 1.88. The van der Waals surface area contributed by atoms with Gasteiger partial charge in [-0.1, -0.05) is 0 Å². The molecule has 1 N–H and O–H groups in total. The SMILES string of the molecule is CC1CNCCN1C(=O)c1ccc(C#N)cn1. The molecule has 1 aromatic rings. The van der Waals surface area contributed by atoms with Gasteiger partial charge in [-0.2, -0.15) is 5.26 Å². The molecule has 5 heteroatoms. The maximum Gasteiger partial charge on any atom is 0.272 e. The van der Waals surface area contributed by atoms with E-state index in [2.05, 4.69) is 10.3 Å². The van der Waals surface area contributed by atoms with Crippen molar-refractivity contribution >= 4 is 5.91 Å². The van der Waals surface area contributed by atoms with E-state index < -0.39 is 0 Å². The lowest BCUT2D eigenvalue weighted by atomic mass is 10.2. The second kappa shape index (κ2) is 4.93. The standard InChI is InChI=1S/C12H14N4O/c1-9-7-14-4-5-16(9)12(17)11-3-2-10(6-13)8-15-11/h2-3,8-9,14H,4-5,7H2,1H3. The molecule has 0 aliphatic carbocycles. The van der Waals surface area contributed by atoms with Gasteiger partial charge in [0.2, 0.25) is 0 Å². The number of piperazine rings is 1. The number of nitriles is 1. The first-order chi connectivity index (χ1) is 8.22. The lowest BCUT2D eigenvalue weighted by Gasteiger charge is -2.33. The van der Waals surface area contributed by atoms with Gasteiger partial charge in [0.1, 0.15) is 11.8 Å². The van der Waals surface area contributed by atoms with E-state index in [1.807, 2.05) is 17.9 Å². The van der Waals surface area contributed by atoms with Crippen LogP contribution in [0.1, 0.15) is 23.0 Å². The molecule has 88 valence electrons. The smallest absolute Gasteiger partial charge is 0.272 e. The van der Waals surface area contributed by atoms with Crippen LogP contribution in [0.25, 0.3) is 0 Å². The second-order valence-electron chi connectivity index (χ2n) is 4.10. The molecule has 0 saturated carbocycles. The minimum atomic E-state index is -0.0662. The summed E-state index contributed by atoms with van der Waals surface area (Å²) < 4.78 is 0. The minimum absolute atomic E-state index is 0.0662. The maximum atomic E-state index is 12.2. The summed E-state index contributed by atoms with van der Waals surface area (Å²) >= 11 is 0. The first-order valence-corrected chi connectivity index (χ1v) is 5.60. The molecule has 1 aliphatic rings. The Labute approximate surface area is 100 Å². The van der Waals surface area contributed by atoms with Crippen LogP contribution < -0.4 is 5.32 Å². The highest BCUT2D eigenvalue weighted by atomic mass is 16.2. The summed E-state index contributed by atoms with van der Waals surface area (Å²) in [5, 5.41) is 11.9. The number of carbonyl (C=O) groups is 1. The van der Waals surface area contributed by atoms with E-state index in [0.717, 1.165) is 13.1 Å². The van der Waals surface area contributed by atoms with Crippen molar-refractivity contribution in [3.63, 3.8) is 0 Å². The highest BCUT2D eigenvalue weighted by Crippen LogP contribution is 2.09. The van der Waals surface area contributed by atoms with Crippen LogP contribution in [0, 0.1) is 11.3 Å². The molecule has 0 aromatic carbocycles. The monoisotopic (exact) mass is 230 g/mol. The third-order valence-corrected chi connectivity index (χ3v) is 2.87. The predicted octanol–water partition coefficient (Wildman–Crippen LogP) is 0.387. The van der Waals surface area contributed by atoms with E-state index in [-0.39, 0.29) is 11.9 Å². The molecule has 2 rings (SSSR count). The summed E-state index contributed by atoms with van der Waals surface area (Å²) in [7, 11) is 0. The van der Waals surface area contributed by atoms with Crippen LogP contribution >= 0.6 is 0 Å². The molecule has 2 heterocycles. The van der Waals surface area contributed by atoms with Crippen molar-refractivity contribution in [2.24, 2.45) is 0 Å². The molecule has 0 radical (unpaired) electrons. The third kappa shape index (κ3) is 2.43. The molecule has 0 bridgehead atoms. The van der Waals surface area contributed by atoms with E-state index in [0.29, 0.717) is 17.8 Å². The molecule has 17 heavy (non-hydrogen) atoms. The van der Waals surface area contributed by atoms with Gasteiger partial charge in [-0.25, -0.2) is 4.98 Å². The van der Waals surface area contributed by atoms with Gasteiger partial charge in [-0.3, -0.25) is 4.79 Å². The zero-order valence-corrected chi connectivity index (χ0v) is 9.68. The summed E-state index contributed by atoms with van der Waals surface area (Å²) in [5.41, 5.74) is 0.868. The van der Waals surface area contributed by atoms with Crippen LogP contribution in [0.4, 0.5) is 0 Å². The molecule has 1 saturated heterocycles. The number of hydrogen-bond donors (Lipinski definition) is 1. The van der Waals surface area contributed by atoms with E-state index >= 15 is 0 Å². The molecule has 1 fully saturated rings. The Balaban J connectivity index is 2.15. The number of nitrogens with one attached hydrogen (secondary N) is 1. The Bertz CT molecular complexity index is 449. The fraction of sp³-hybridized carbons (Fsp3) is 0.417. The van der Waals surface area contributed by atoms with Crippen LogP contribution in [0.5, 0.6) is 0 Å². The van der Waals surface area contributed by atoms with Gasteiger partial charge in [0.25, 0.3) is 5.91 Å². The third-order valence-electron chi connectivity index (χ3n) is 2.87. The van der Waals surface area contributed by atoms with E-state index in [1.165, 1.54) is 6.20 Å². The summed E-state index contributed by atoms with van der Waals surface area (Å²) in [6.45, 7) is 4.32. The number of aromatic nitrogens is 1. The lowest BCUT2D eigenvalue weighted by Crippen LogP contribution is -2.52. The summed E-state index contributed by atoms with van der Waals surface area (Å²) in [4.78, 5) is 18.0. The fourth-order valence-electron chi connectivity index (χ4n) is 1.88. The van der Waals surface area contributed by atoms with Crippen molar-refractivity contribution in [3.05, 3.63) is 29.6 Å². The molecule has 1 aromatic heterocycles. The van der Waals surface area contributed by atoms with Crippen molar-refractivity contribution in [1.82, 2.24) is 15.2 Å². The Morgan fingerprint density at radius 3 is 3.06 bits per heavy atom. The average molecular weight is 230 g/mol. The maximum absolute atomic E-state index is 12.2. The van der Waals surface area contributed by atoms with E-state index in [9.17, 15) is 4.79 Å². The lowest BCUT2D eigenvalue weighted by molar-refractivity contribution is 0.0649. The summed E-state index contributed by atoms with van der Waals surface area (Å²) in [6, 6.07) is 5.38. The van der Waals surface area contributed by atoms with Crippen LogP contribution in [0.3, 0.4) is 0 Å². The van der Waals surface area contributed by atoms with E-state index in [1.54, 1.807) is 12.1 Å². The number of rotatable bonds is 1. The topological polar surface area (TPSA) is 69.0 Å². The van der Waals surface area contributed by atoms with Crippen molar-refractivity contribution in [2.75, 3.05) is 19.6 Å². The van der Waals surface area contributed by atoms with Crippen molar-refractivity contribution < 1.29 is 4.79 Å². The van der Waals surface area contributed by atoms with Crippen molar-refractivity contribution in [1.29, 1.82) is 5.26 Å². The summed E-state index contributed by atoms with van der Waals surface area (Å²) in [5.74, 6) is -0.0662. The highest BCUT2D eigenvalue weighted by molar-refractivity contribution is 5.92. The zero-order valence-electron chi connectivity index (χ0n) is 9.68. The molecular weight excluding hydrogens is 216 g/mol. The van der Waals surface area contributed by atoms with Gasteiger partial charge in [0.05, 0.1) is 5.56 Å². The molecule has 1 unspecified atom stereocenters. The minimum Gasteiger partial charge on any atom is -0.332 e. The molecule has 0 spiro atoms. The van der Waals surface area contributed by atoms with Crippen LogP contribution in [-0.2, 0) is 0 Å². The van der Waals surface area contributed by atoms with Gasteiger partial charge in [-0.05, 0) is 19.1 Å². The number of amides is 1. The largest absolute Gasteiger partial charge is 0.332 e. The molecule has 1 atom stereocenters. The highest BCUT2D eigenvalue weighted by Gasteiger charge is 2.24. The van der Waals surface area contributed by atoms with Crippen molar-refractivity contribution in [3.8, 4) is 6.07 Å². The molecular formula is C12H14N4O. The number of pyridine rings is 1. The molecule has 5 nitrogen and oxygen atoms in total. The predicted molar refractivity (Wildman–Crippen MR) is 62.3 cm³/mol. The number of nitrogens with zero attached hydrogens (tertiary/aromatic N) is 3. The van der Waals surface area contributed by atoms with Gasteiger partial charge in [0.15, 0.2) is 0 Å². The number of carbonyl (C=O) groups excluding carboxylic acids is 1. The van der Waals surface area contributed by atoms with Gasteiger partial charge in [-0.15, -0.1) is 0 Å². The Hall–Kier alpha value is -1.93. The Kier molecular flexibility index (Phi) is 3.35. The van der Waals surface area contributed by atoms with Crippen LogP contribution in [0.15, 0.2) is 18.3 Å². The summed E-state index contributed by atoms with van der Waals surface area (Å²) in [6.07, 6.45) is 1.43.